The zero-order valence-electron chi connectivity index (χ0n) is 34.9. The molecule has 1 aliphatic heterocycles. The molecule has 320 valence electrons. The van der Waals surface area contributed by atoms with Gasteiger partial charge in [-0.25, -0.2) is 0 Å². The number of piperidine rings is 1. The van der Waals surface area contributed by atoms with E-state index < -0.39 is 30.1 Å². The quantitative estimate of drug-likeness (QED) is 0.0405. The molecular weight excluding hydrogens is 769 g/mol. The number of hydrogen-bond donors (Lipinski definition) is 5. The first-order chi connectivity index (χ1) is 28.2. The maximum absolute atomic E-state index is 14.0. The zero-order valence-corrected chi connectivity index (χ0v) is 35.7. The fraction of sp³-hybridized carbons (Fsp3) is 0.522. The number of carboxylic acids is 1. The van der Waals surface area contributed by atoms with E-state index in [1.807, 2.05) is 51.1 Å². The first-order valence-corrected chi connectivity index (χ1v) is 21.9. The van der Waals surface area contributed by atoms with Gasteiger partial charge in [0.2, 0.25) is 5.91 Å². The van der Waals surface area contributed by atoms with Crippen molar-refractivity contribution in [3.05, 3.63) is 89.5 Å². The Balaban J connectivity index is 1.19. The van der Waals surface area contributed by atoms with Crippen molar-refractivity contribution in [1.29, 1.82) is 0 Å². The van der Waals surface area contributed by atoms with Gasteiger partial charge < -0.3 is 36.1 Å². The van der Waals surface area contributed by atoms with E-state index in [-0.39, 0.29) is 42.8 Å². The van der Waals surface area contributed by atoms with Crippen molar-refractivity contribution >= 4 is 35.5 Å². The standard InChI is InChI=1S/C46H62N4O8S/c1-30-36(17-12-18-41(30)58-42(52)19-10-11-24-57-34-22-20-31(21-23-34)25-37(47)45(55)56)43(53)48-38(29-59-35-15-6-5-7-16-35)40(51)28-50-27-33-14-9-8-13-32(33)26-39(50)44(54)49-46(2,3)4/h5-7,12,15-18,20-23,32-33,37-40,51H,8-11,13-14,19,24-29,47H2,1-4H3,(H,48,53)(H,49,54)(H,55,56)/t32-,33+,37-,38-,39-,40+/m0/s1. The number of β-amino-alcohol motifs (C(OH)–C–C–N with tert-alkyl or cyclic N) is 1. The number of aliphatic carboxylic acids is 1. The molecule has 1 aliphatic carbocycles. The largest absolute Gasteiger partial charge is 0.494 e. The number of carbonyl (C=O) groups excluding carboxylic acids is 3. The molecule has 0 bridgehead atoms. The third-order valence-corrected chi connectivity index (χ3v) is 12.3. The van der Waals surface area contributed by atoms with Crippen LogP contribution in [0.1, 0.15) is 93.6 Å². The van der Waals surface area contributed by atoms with Gasteiger partial charge in [0.05, 0.1) is 24.8 Å². The van der Waals surface area contributed by atoms with Crippen molar-refractivity contribution in [3.8, 4) is 11.5 Å². The van der Waals surface area contributed by atoms with Gasteiger partial charge >= 0.3 is 11.9 Å². The number of fused-ring (bicyclic) bond motifs is 1. The van der Waals surface area contributed by atoms with E-state index in [9.17, 15) is 24.3 Å². The van der Waals surface area contributed by atoms with Crippen LogP contribution in [0, 0.1) is 18.8 Å². The Hall–Kier alpha value is -4.43. The van der Waals surface area contributed by atoms with Crippen molar-refractivity contribution in [2.24, 2.45) is 17.6 Å². The van der Waals surface area contributed by atoms with Crippen molar-refractivity contribution in [2.45, 2.75) is 120 Å². The number of esters is 1. The van der Waals surface area contributed by atoms with E-state index in [1.165, 1.54) is 12.8 Å². The minimum Gasteiger partial charge on any atom is -0.494 e. The zero-order chi connectivity index (χ0) is 42.5. The van der Waals surface area contributed by atoms with Crippen LogP contribution < -0.4 is 25.8 Å². The summed E-state index contributed by atoms with van der Waals surface area (Å²) in [6.45, 7) is 9.04. The second-order valence-corrected chi connectivity index (χ2v) is 18.1. The Kier molecular flexibility index (Phi) is 16.8. The molecule has 6 atom stereocenters. The number of carboxylic acid groups (broad SMARTS) is 1. The van der Waals surface area contributed by atoms with E-state index in [4.69, 9.17) is 20.3 Å². The van der Waals surface area contributed by atoms with Crippen LogP contribution in [0.4, 0.5) is 0 Å². The molecule has 2 aliphatic rings. The molecule has 1 heterocycles. The monoisotopic (exact) mass is 830 g/mol. The highest BCUT2D eigenvalue weighted by atomic mass is 32.2. The average Bonchev–Trinajstić information content (AvgIpc) is 3.20. The lowest BCUT2D eigenvalue weighted by atomic mass is 9.72. The summed E-state index contributed by atoms with van der Waals surface area (Å²) in [5.74, 6) is 0.413. The number of carbonyl (C=O) groups is 4. The molecular formula is C46H62N4O8S. The first kappa shape index (κ1) is 45.7. The van der Waals surface area contributed by atoms with Crippen LogP contribution in [0.2, 0.25) is 0 Å². The highest BCUT2D eigenvalue weighted by molar-refractivity contribution is 7.99. The summed E-state index contributed by atoms with van der Waals surface area (Å²) >= 11 is 1.54. The van der Waals surface area contributed by atoms with Crippen LogP contribution in [0.5, 0.6) is 11.5 Å². The van der Waals surface area contributed by atoms with Crippen LogP contribution in [0.25, 0.3) is 0 Å². The molecule has 13 heteroatoms. The van der Waals surface area contributed by atoms with E-state index in [0.717, 1.165) is 36.3 Å². The number of unbranched alkanes of at least 4 members (excludes halogenated alkanes) is 1. The van der Waals surface area contributed by atoms with Gasteiger partial charge in [0.1, 0.15) is 17.5 Å². The van der Waals surface area contributed by atoms with E-state index in [0.29, 0.717) is 59.7 Å². The number of amides is 2. The number of benzene rings is 3. The van der Waals surface area contributed by atoms with Gasteiger partial charge in [-0.1, -0.05) is 55.7 Å². The number of nitrogens with zero attached hydrogens (tertiary/aromatic N) is 1. The van der Waals surface area contributed by atoms with Gasteiger partial charge in [-0.15, -0.1) is 11.8 Å². The van der Waals surface area contributed by atoms with Crippen LogP contribution in [0.15, 0.2) is 77.7 Å². The predicted molar refractivity (Wildman–Crippen MR) is 230 cm³/mol. The highest BCUT2D eigenvalue weighted by Crippen LogP contribution is 2.39. The fourth-order valence-corrected chi connectivity index (χ4v) is 8.99. The van der Waals surface area contributed by atoms with Crippen LogP contribution in [-0.4, -0.2) is 94.1 Å². The molecule has 6 N–H and O–H groups in total. The van der Waals surface area contributed by atoms with E-state index in [2.05, 4.69) is 15.5 Å². The molecule has 0 radical (unpaired) electrons. The normalized spacial score (nSPS) is 19.7. The molecule has 12 nitrogen and oxygen atoms in total. The molecule has 3 aromatic rings. The number of rotatable bonds is 19. The fourth-order valence-electron chi connectivity index (χ4n) is 7.96. The van der Waals surface area contributed by atoms with Crippen molar-refractivity contribution in [1.82, 2.24) is 15.5 Å². The summed E-state index contributed by atoms with van der Waals surface area (Å²) in [6, 6.07) is 20.0. The third kappa shape index (κ3) is 14.1. The third-order valence-electron chi connectivity index (χ3n) is 11.2. The lowest BCUT2D eigenvalue weighted by Crippen LogP contribution is -2.60. The number of aliphatic hydroxyl groups excluding tert-OH is 1. The van der Waals surface area contributed by atoms with Crippen molar-refractivity contribution < 1.29 is 38.9 Å². The molecule has 2 fully saturated rings. The van der Waals surface area contributed by atoms with Crippen molar-refractivity contribution in [2.75, 3.05) is 25.4 Å². The van der Waals surface area contributed by atoms with Gasteiger partial charge in [0.15, 0.2) is 0 Å². The SMILES string of the molecule is Cc1c(OC(=O)CCCCOc2ccc(C[C@H](N)C(=O)O)cc2)cccc1C(=O)N[C@@H](CSc1ccccc1)[C@H](O)CN1C[C@H]2CCCC[C@H]2C[C@H]1C(=O)NC(C)(C)C. The predicted octanol–water partition coefficient (Wildman–Crippen LogP) is 6.15. The molecule has 59 heavy (non-hydrogen) atoms. The lowest BCUT2D eigenvalue weighted by molar-refractivity contribution is -0.138. The topological polar surface area (TPSA) is 181 Å². The Morgan fingerprint density at radius 2 is 1.66 bits per heavy atom. The summed E-state index contributed by atoms with van der Waals surface area (Å²) in [5.41, 5.74) is 6.88. The van der Waals surface area contributed by atoms with Crippen LogP contribution >= 0.6 is 11.8 Å². The summed E-state index contributed by atoms with van der Waals surface area (Å²) in [5, 5.41) is 27.2. The molecule has 2 amide bonds. The Morgan fingerprint density at radius 1 is 0.949 bits per heavy atom. The number of nitrogens with two attached hydrogens (primary N) is 1. The van der Waals surface area contributed by atoms with Crippen molar-refractivity contribution in [3.63, 3.8) is 0 Å². The summed E-state index contributed by atoms with van der Waals surface area (Å²) in [7, 11) is 0. The van der Waals surface area contributed by atoms with Gasteiger partial charge in [0.25, 0.3) is 5.91 Å². The number of hydrogen-bond acceptors (Lipinski definition) is 10. The van der Waals surface area contributed by atoms with E-state index >= 15 is 0 Å². The molecule has 0 unspecified atom stereocenters. The van der Waals surface area contributed by atoms with Gasteiger partial charge in [-0.05, 0) is 114 Å². The molecule has 5 rings (SSSR count). The second-order valence-electron chi connectivity index (χ2n) is 17.0. The minimum absolute atomic E-state index is 0.0206. The molecule has 0 spiro atoms. The molecule has 1 saturated heterocycles. The molecule has 0 aromatic heterocycles. The average molecular weight is 831 g/mol. The van der Waals surface area contributed by atoms with Gasteiger partial charge in [0, 0.05) is 46.8 Å². The Morgan fingerprint density at radius 3 is 2.36 bits per heavy atom. The number of thioether (sulfide) groups is 1. The number of aliphatic hydroxyl groups is 1. The summed E-state index contributed by atoms with van der Waals surface area (Å²) in [4.78, 5) is 54.7. The smallest absolute Gasteiger partial charge is 0.320 e. The Bertz CT molecular complexity index is 1850. The number of ether oxygens (including phenoxy) is 2. The highest BCUT2D eigenvalue weighted by Gasteiger charge is 2.42. The summed E-state index contributed by atoms with van der Waals surface area (Å²) in [6.07, 6.45) is 5.92. The second kappa shape index (κ2) is 21.7. The van der Waals surface area contributed by atoms with Gasteiger partial charge in [-0.3, -0.25) is 24.1 Å². The maximum Gasteiger partial charge on any atom is 0.320 e. The first-order valence-electron chi connectivity index (χ1n) is 20.9. The van der Waals surface area contributed by atoms with Crippen LogP contribution in [-0.2, 0) is 20.8 Å². The van der Waals surface area contributed by atoms with E-state index in [1.54, 1.807) is 61.2 Å². The lowest BCUT2D eigenvalue weighted by Gasteiger charge is -2.47. The van der Waals surface area contributed by atoms with Crippen LogP contribution in [0.3, 0.4) is 0 Å². The summed E-state index contributed by atoms with van der Waals surface area (Å²) < 4.78 is 11.5. The number of nitrogens with one attached hydrogen (secondary N) is 2. The number of likely N-dealkylation sites (tertiary alicyclic amines) is 1. The maximum atomic E-state index is 14.0. The minimum atomic E-state index is -1.05. The van der Waals surface area contributed by atoms with Gasteiger partial charge in [-0.2, -0.15) is 0 Å². The molecule has 3 aromatic carbocycles. The molecule has 1 saturated carbocycles. The Labute approximate surface area is 353 Å².